The van der Waals surface area contributed by atoms with E-state index in [2.05, 4.69) is 9.97 Å². The minimum absolute atomic E-state index is 0.440. The van der Waals surface area contributed by atoms with Gasteiger partial charge in [-0.25, -0.2) is 4.98 Å². The molecule has 0 bridgehead atoms. The molecule has 0 fully saturated rings. The number of nitrogens with two attached hydrogens (primary N) is 1. The van der Waals surface area contributed by atoms with Crippen LogP contribution < -0.4 is 10.5 Å². The molecule has 2 aromatic rings. The van der Waals surface area contributed by atoms with Crippen molar-refractivity contribution in [3.8, 4) is 11.6 Å². The van der Waals surface area contributed by atoms with Crippen LogP contribution in [0.4, 0.5) is 0 Å². The fourth-order valence-corrected chi connectivity index (χ4v) is 1.37. The minimum Gasteiger partial charge on any atom is -0.437 e. The van der Waals surface area contributed by atoms with Crippen LogP contribution in [0, 0.1) is 6.92 Å². The molecule has 0 spiro atoms. The lowest BCUT2D eigenvalue weighted by molar-refractivity contribution is 0.450. The summed E-state index contributed by atoms with van der Waals surface area (Å²) in [6.07, 6.45) is 3.24. The summed E-state index contributed by atoms with van der Waals surface area (Å²) in [5.74, 6) is 1.25. The SMILES string of the molecule is Cc1nccnc1Oc1ccccc1CN. The van der Waals surface area contributed by atoms with Crippen LogP contribution in [0.25, 0.3) is 0 Å². The minimum atomic E-state index is 0.440. The molecule has 0 unspecified atom stereocenters. The Hall–Kier alpha value is -1.94. The predicted octanol–water partition coefficient (Wildman–Crippen LogP) is 2.04. The molecule has 1 heterocycles. The number of ether oxygens (including phenoxy) is 1. The standard InChI is InChI=1S/C12H13N3O/c1-9-12(15-7-6-14-9)16-11-5-3-2-4-10(11)8-13/h2-7H,8,13H2,1H3. The summed E-state index contributed by atoms with van der Waals surface area (Å²) in [7, 11) is 0. The van der Waals surface area contributed by atoms with Crippen molar-refractivity contribution in [3.63, 3.8) is 0 Å². The summed E-state index contributed by atoms with van der Waals surface area (Å²) in [5, 5.41) is 0. The van der Waals surface area contributed by atoms with Gasteiger partial charge in [0.15, 0.2) is 0 Å². The largest absolute Gasteiger partial charge is 0.437 e. The Morgan fingerprint density at radius 3 is 2.69 bits per heavy atom. The molecule has 1 aromatic carbocycles. The number of hydrogen-bond donors (Lipinski definition) is 1. The molecule has 2 N–H and O–H groups in total. The lowest BCUT2D eigenvalue weighted by Crippen LogP contribution is -2.00. The lowest BCUT2D eigenvalue weighted by atomic mass is 10.2. The molecule has 0 atom stereocenters. The Labute approximate surface area is 94.1 Å². The molecule has 0 aliphatic heterocycles. The van der Waals surface area contributed by atoms with Crippen LogP contribution in [0.3, 0.4) is 0 Å². The summed E-state index contributed by atoms with van der Waals surface area (Å²) in [4.78, 5) is 8.24. The maximum Gasteiger partial charge on any atom is 0.240 e. The van der Waals surface area contributed by atoms with E-state index in [1.165, 1.54) is 0 Å². The summed E-state index contributed by atoms with van der Waals surface area (Å²) >= 11 is 0. The molecule has 4 heteroatoms. The van der Waals surface area contributed by atoms with Gasteiger partial charge in [-0.2, -0.15) is 0 Å². The van der Waals surface area contributed by atoms with Gasteiger partial charge in [0, 0.05) is 24.5 Å². The second-order valence-electron chi connectivity index (χ2n) is 3.36. The fourth-order valence-electron chi connectivity index (χ4n) is 1.37. The van der Waals surface area contributed by atoms with Crippen molar-refractivity contribution in [2.24, 2.45) is 5.73 Å². The third-order valence-electron chi connectivity index (χ3n) is 2.24. The Morgan fingerprint density at radius 1 is 1.19 bits per heavy atom. The number of aromatic nitrogens is 2. The van der Waals surface area contributed by atoms with E-state index in [0.29, 0.717) is 12.4 Å². The number of rotatable bonds is 3. The molecule has 1 aromatic heterocycles. The second-order valence-corrected chi connectivity index (χ2v) is 3.36. The van der Waals surface area contributed by atoms with Gasteiger partial charge in [-0.05, 0) is 13.0 Å². The van der Waals surface area contributed by atoms with E-state index in [9.17, 15) is 0 Å². The molecule has 2 rings (SSSR count). The Morgan fingerprint density at radius 2 is 1.94 bits per heavy atom. The first-order chi connectivity index (χ1) is 7.81. The number of aryl methyl sites for hydroxylation is 1. The van der Waals surface area contributed by atoms with Crippen LogP contribution in [-0.2, 0) is 6.54 Å². The van der Waals surface area contributed by atoms with Crippen LogP contribution in [-0.4, -0.2) is 9.97 Å². The van der Waals surface area contributed by atoms with E-state index in [-0.39, 0.29) is 0 Å². The van der Waals surface area contributed by atoms with E-state index in [1.807, 2.05) is 31.2 Å². The number of benzene rings is 1. The third kappa shape index (κ3) is 2.17. The van der Waals surface area contributed by atoms with Crippen LogP contribution in [0.2, 0.25) is 0 Å². The van der Waals surface area contributed by atoms with Gasteiger partial charge in [-0.3, -0.25) is 4.98 Å². The first-order valence-electron chi connectivity index (χ1n) is 5.04. The van der Waals surface area contributed by atoms with E-state index in [0.717, 1.165) is 17.0 Å². The molecule has 0 radical (unpaired) electrons. The fraction of sp³-hybridized carbons (Fsp3) is 0.167. The average Bonchev–Trinajstić information content (AvgIpc) is 2.33. The molecule has 0 aliphatic rings. The van der Waals surface area contributed by atoms with Gasteiger partial charge < -0.3 is 10.5 Å². The molecule has 0 amide bonds. The monoisotopic (exact) mass is 215 g/mol. The van der Waals surface area contributed by atoms with Gasteiger partial charge in [-0.15, -0.1) is 0 Å². The second kappa shape index (κ2) is 4.72. The molecular formula is C12H13N3O. The van der Waals surface area contributed by atoms with Crippen molar-refractivity contribution in [1.29, 1.82) is 0 Å². The van der Waals surface area contributed by atoms with Crippen LogP contribution in [0.1, 0.15) is 11.3 Å². The highest BCUT2D eigenvalue weighted by Gasteiger charge is 2.06. The van der Waals surface area contributed by atoms with Crippen molar-refractivity contribution in [2.45, 2.75) is 13.5 Å². The van der Waals surface area contributed by atoms with E-state index in [1.54, 1.807) is 12.4 Å². The van der Waals surface area contributed by atoms with Gasteiger partial charge >= 0.3 is 0 Å². The first-order valence-corrected chi connectivity index (χ1v) is 5.04. The molecule has 0 aliphatic carbocycles. The van der Waals surface area contributed by atoms with Gasteiger partial charge in [0.1, 0.15) is 5.75 Å². The Balaban J connectivity index is 2.30. The van der Waals surface area contributed by atoms with Crippen molar-refractivity contribution in [1.82, 2.24) is 9.97 Å². The molecule has 16 heavy (non-hydrogen) atoms. The summed E-state index contributed by atoms with van der Waals surface area (Å²) in [6, 6.07) is 7.64. The highest BCUT2D eigenvalue weighted by atomic mass is 16.5. The number of nitrogens with zero attached hydrogens (tertiary/aromatic N) is 2. The molecule has 0 saturated heterocycles. The van der Waals surface area contributed by atoms with Crippen molar-refractivity contribution in [3.05, 3.63) is 47.9 Å². The van der Waals surface area contributed by atoms with Gasteiger partial charge in [0.2, 0.25) is 5.88 Å². The van der Waals surface area contributed by atoms with Crippen molar-refractivity contribution >= 4 is 0 Å². The first kappa shape index (κ1) is 10.6. The Kier molecular flexibility index (Phi) is 3.12. The van der Waals surface area contributed by atoms with Crippen LogP contribution >= 0.6 is 0 Å². The normalized spacial score (nSPS) is 10.1. The zero-order chi connectivity index (χ0) is 11.4. The smallest absolute Gasteiger partial charge is 0.240 e. The average molecular weight is 215 g/mol. The van der Waals surface area contributed by atoms with Gasteiger partial charge in [-0.1, -0.05) is 18.2 Å². The van der Waals surface area contributed by atoms with E-state index < -0.39 is 0 Å². The highest BCUT2D eigenvalue weighted by molar-refractivity contribution is 5.36. The van der Waals surface area contributed by atoms with Crippen molar-refractivity contribution in [2.75, 3.05) is 0 Å². The predicted molar refractivity (Wildman–Crippen MR) is 61.2 cm³/mol. The van der Waals surface area contributed by atoms with Gasteiger partial charge in [0.05, 0.1) is 5.69 Å². The quantitative estimate of drug-likeness (QED) is 0.851. The van der Waals surface area contributed by atoms with Crippen LogP contribution in [0.5, 0.6) is 11.6 Å². The van der Waals surface area contributed by atoms with E-state index in [4.69, 9.17) is 10.5 Å². The number of hydrogen-bond acceptors (Lipinski definition) is 4. The topological polar surface area (TPSA) is 61.0 Å². The summed E-state index contributed by atoms with van der Waals surface area (Å²) < 4.78 is 5.68. The zero-order valence-electron chi connectivity index (χ0n) is 9.05. The Bertz CT molecular complexity index is 485. The maximum atomic E-state index is 5.68. The molecular weight excluding hydrogens is 202 g/mol. The zero-order valence-corrected chi connectivity index (χ0v) is 9.05. The highest BCUT2D eigenvalue weighted by Crippen LogP contribution is 2.24. The lowest BCUT2D eigenvalue weighted by Gasteiger charge is -2.09. The summed E-state index contributed by atoms with van der Waals surface area (Å²) in [5.41, 5.74) is 7.34. The number of para-hydroxylation sites is 1. The van der Waals surface area contributed by atoms with Gasteiger partial charge in [0.25, 0.3) is 0 Å². The molecule has 82 valence electrons. The van der Waals surface area contributed by atoms with Crippen LogP contribution in [0.15, 0.2) is 36.7 Å². The van der Waals surface area contributed by atoms with E-state index >= 15 is 0 Å². The third-order valence-corrected chi connectivity index (χ3v) is 2.24. The summed E-state index contributed by atoms with van der Waals surface area (Å²) in [6.45, 7) is 2.29. The molecule has 0 saturated carbocycles. The molecule has 4 nitrogen and oxygen atoms in total. The van der Waals surface area contributed by atoms with Crippen molar-refractivity contribution < 1.29 is 4.74 Å². The maximum absolute atomic E-state index is 5.68.